The summed E-state index contributed by atoms with van der Waals surface area (Å²) < 4.78 is 48.7. The zero-order valence-corrected chi connectivity index (χ0v) is 22.1. The molecule has 0 radical (unpaired) electrons. The fourth-order valence-electron chi connectivity index (χ4n) is 4.16. The maximum atomic E-state index is 13.9. The molecule has 2 aliphatic rings. The van der Waals surface area contributed by atoms with Gasteiger partial charge in [-0.1, -0.05) is 60.7 Å². The van der Waals surface area contributed by atoms with Gasteiger partial charge in [-0.3, -0.25) is 9.36 Å². The first-order valence-electron chi connectivity index (χ1n) is 13.1. The first-order valence-corrected chi connectivity index (χ1v) is 14.8. The topological polar surface area (TPSA) is 89.5 Å². The number of carbonyl (C=O) groups excluding carboxylic acids is 1. The molecular weight excluding hydrogens is 495 g/mol. The molecule has 4 rings (SSSR count). The van der Waals surface area contributed by atoms with Gasteiger partial charge < -0.3 is 28.0 Å². The molecule has 2 fully saturated rings. The minimum atomic E-state index is -3.83. The van der Waals surface area contributed by atoms with Gasteiger partial charge in [0, 0.05) is 13.2 Å². The molecule has 2 aromatic rings. The molecule has 2 aromatic carbocycles. The van der Waals surface area contributed by atoms with Crippen molar-refractivity contribution in [2.24, 2.45) is 0 Å². The van der Waals surface area contributed by atoms with Crippen LogP contribution in [0, 0.1) is 0 Å². The molecule has 0 bridgehead atoms. The number of hydrogen-bond acceptors (Lipinski definition) is 8. The zero-order valence-electron chi connectivity index (χ0n) is 21.2. The first kappa shape index (κ1) is 28.1. The molecular formula is C28H37O8P. The summed E-state index contributed by atoms with van der Waals surface area (Å²) in [6.45, 7) is 1.32. The van der Waals surface area contributed by atoms with Crippen LogP contribution < -0.4 is 0 Å². The number of ketones is 1. The molecule has 3 atom stereocenters. The summed E-state index contributed by atoms with van der Waals surface area (Å²) in [7, 11) is -3.83. The van der Waals surface area contributed by atoms with E-state index in [0.29, 0.717) is 19.6 Å². The molecule has 8 nitrogen and oxygen atoms in total. The SMILES string of the molecule is O=C(CP(=O)(OCc1ccccc1)OCc1ccccc1)[C@@H](COC1CCCCO1)OC1CCCCO1. The summed E-state index contributed by atoms with van der Waals surface area (Å²) in [6.07, 6.45) is 3.08. The van der Waals surface area contributed by atoms with Crippen molar-refractivity contribution in [1.29, 1.82) is 0 Å². The molecule has 2 aliphatic heterocycles. The number of benzene rings is 2. The second kappa shape index (κ2) is 14.9. The molecule has 0 spiro atoms. The van der Waals surface area contributed by atoms with Gasteiger partial charge >= 0.3 is 7.60 Å². The van der Waals surface area contributed by atoms with Gasteiger partial charge in [-0.2, -0.15) is 0 Å². The van der Waals surface area contributed by atoms with Crippen LogP contribution in [-0.4, -0.2) is 50.4 Å². The van der Waals surface area contributed by atoms with E-state index in [0.717, 1.165) is 43.2 Å². The molecule has 9 heteroatoms. The van der Waals surface area contributed by atoms with E-state index >= 15 is 0 Å². The third-order valence-corrected chi connectivity index (χ3v) is 8.02. The normalized spacial score (nSPS) is 21.4. The van der Waals surface area contributed by atoms with Crippen LogP contribution >= 0.6 is 7.60 Å². The lowest BCUT2D eigenvalue weighted by molar-refractivity contribution is -0.220. The standard InChI is InChI=1S/C28H37O8P/c29-25(26(36-28-16-8-10-18-32-28)21-33-27-15-7-9-17-31-27)22-37(30,34-19-23-11-3-1-4-12-23)35-20-24-13-5-2-6-14-24/h1-6,11-14,26-28H,7-10,15-22H2/t26-,27?,28?/m1/s1. The monoisotopic (exact) mass is 532 g/mol. The van der Waals surface area contributed by atoms with E-state index < -0.39 is 31.9 Å². The quantitative estimate of drug-likeness (QED) is 0.289. The van der Waals surface area contributed by atoms with Gasteiger partial charge in [0.2, 0.25) is 0 Å². The van der Waals surface area contributed by atoms with Crippen LogP contribution in [0.3, 0.4) is 0 Å². The lowest BCUT2D eigenvalue weighted by Gasteiger charge is -2.29. The Hall–Kier alpha value is -1.90. The van der Waals surface area contributed by atoms with Crippen molar-refractivity contribution in [3.8, 4) is 0 Å². The Labute approximate surface area is 219 Å². The molecule has 37 heavy (non-hydrogen) atoms. The molecule has 0 aromatic heterocycles. The van der Waals surface area contributed by atoms with E-state index in [1.165, 1.54) is 0 Å². The highest BCUT2D eigenvalue weighted by atomic mass is 31.2. The van der Waals surface area contributed by atoms with Crippen molar-refractivity contribution in [3.05, 3.63) is 71.8 Å². The van der Waals surface area contributed by atoms with Gasteiger partial charge in [0.25, 0.3) is 0 Å². The van der Waals surface area contributed by atoms with Gasteiger partial charge in [-0.15, -0.1) is 0 Å². The average Bonchev–Trinajstić information content (AvgIpc) is 2.95. The van der Waals surface area contributed by atoms with Gasteiger partial charge in [0.05, 0.1) is 19.8 Å². The number of rotatable bonds is 14. The van der Waals surface area contributed by atoms with Gasteiger partial charge in [0.1, 0.15) is 12.3 Å². The zero-order chi connectivity index (χ0) is 25.8. The highest BCUT2D eigenvalue weighted by Crippen LogP contribution is 2.50. The highest BCUT2D eigenvalue weighted by Gasteiger charge is 2.35. The van der Waals surface area contributed by atoms with Crippen molar-refractivity contribution < 1.29 is 37.4 Å². The summed E-state index contributed by atoms with van der Waals surface area (Å²) in [5.41, 5.74) is 1.67. The Balaban J connectivity index is 1.43. The Bertz CT molecular complexity index is 927. The summed E-state index contributed by atoms with van der Waals surface area (Å²) in [5, 5.41) is 0. The fourth-order valence-corrected chi connectivity index (χ4v) is 5.70. The second-order valence-electron chi connectivity index (χ2n) is 9.30. The summed E-state index contributed by atoms with van der Waals surface area (Å²) in [4.78, 5) is 13.5. The number of Topliss-reactive ketones (excluding diaryl/α,β-unsaturated/α-hetero) is 1. The highest BCUT2D eigenvalue weighted by molar-refractivity contribution is 7.54. The van der Waals surface area contributed by atoms with Crippen molar-refractivity contribution >= 4 is 13.4 Å². The van der Waals surface area contributed by atoms with Crippen molar-refractivity contribution in [2.75, 3.05) is 26.0 Å². The predicted octanol–water partition coefficient (Wildman–Crippen LogP) is 5.64. The van der Waals surface area contributed by atoms with Crippen LogP contribution in [-0.2, 0) is 50.6 Å². The number of ether oxygens (including phenoxy) is 4. The van der Waals surface area contributed by atoms with Crippen molar-refractivity contribution in [3.63, 3.8) is 0 Å². The number of carbonyl (C=O) groups is 1. The van der Waals surface area contributed by atoms with Gasteiger partial charge in [-0.05, 0) is 49.7 Å². The maximum Gasteiger partial charge on any atom is 0.338 e. The Kier molecular flexibility index (Phi) is 11.3. The van der Waals surface area contributed by atoms with Crippen LogP contribution in [0.25, 0.3) is 0 Å². The molecule has 202 valence electrons. The largest absolute Gasteiger partial charge is 0.353 e. The molecule has 0 aliphatic carbocycles. The molecule has 0 amide bonds. The van der Waals surface area contributed by atoms with E-state index in [-0.39, 0.29) is 26.1 Å². The van der Waals surface area contributed by atoms with Crippen molar-refractivity contribution in [1.82, 2.24) is 0 Å². The lowest BCUT2D eigenvalue weighted by atomic mass is 10.2. The van der Waals surface area contributed by atoms with E-state index in [9.17, 15) is 9.36 Å². The lowest BCUT2D eigenvalue weighted by Crippen LogP contribution is -2.39. The summed E-state index contributed by atoms with van der Waals surface area (Å²) in [5.74, 6) is -0.408. The third-order valence-electron chi connectivity index (χ3n) is 6.28. The van der Waals surface area contributed by atoms with Crippen LogP contribution in [0.4, 0.5) is 0 Å². The molecule has 2 unspecified atom stereocenters. The minimum Gasteiger partial charge on any atom is -0.353 e. The summed E-state index contributed by atoms with van der Waals surface area (Å²) >= 11 is 0. The smallest absolute Gasteiger partial charge is 0.338 e. The van der Waals surface area contributed by atoms with E-state index in [2.05, 4.69) is 0 Å². The van der Waals surface area contributed by atoms with Gasteiger partial charge in [-0.25, -0.2) is 0 Å². The van der Waals surface area contributed by atoms with Gasteiger partial charge in [0.15, 0.2) is 18.4 Å². The Morgan fingerprint density at radius 1 is 0.811 bits per heavy atom. The Morgan fingerprint density at radius 3 is 1.86 bits per heavy atom. The average molecular weight is 533 g/mol. The first-order chi connectivity index (χ1) is 18.1. The minimum absolute atomic E-state index is 0.0132. The maximum absolute atomic E-state index is 13.9. The Morgan fingerprint density at radius 2 is 1.35 bits per heavy atom. The molecule has 0 saturated carbocycles. The van der Waals surface area contributed by atoms with E-state index in [1.807, 2.05) is 60.7 Å². The summed E-state index contributed by atoms with van der Waals surface area (Å²) in [6, 6.07) is 18.8. The molecule has 2 heterocycles. The predicted molar refractivity (Wildman–Crippen MR) is 138 cm³/mol. The number of hydrogen-bond donors (Lipinski definition) is 0. The van der Waals surface area contributed by atoms with Crippen molar-refractivity contribution in [2.45, 2.75) is 70.4 Å². The van der Waals surface area contributed by atoms with E-state index in [1.54, 1.807) is 0 Å². The van der Waals surface area contributed by atoms with Crippen LogP contribution in [0.15, 0.2) is 60.7 Å². The third kappa shape index (κ3) is 9.73. The molecule has 2 saturated heterocycles. The second-order valence-corrected chi connectivity index (χ2v) is 11.4. The molecule has 0 N–H and O–H groups in total. The van der Waals surface area contributed by atoms with Crippen LogP contribution in [0.1, 0.15) is 49.7 Å². The van der Waals surface area contributed by atoms with Crippen LogP contribution in [0.5, 0.6) is 0 Å². The van der Waals surface area contributed by atoms with E-state index in [4.69, 9.17) is 28.0 Å². The fraction of sp³-hybridized carbons (Fsp3) is 0.536. The van der Waals surface area contributed by atoms with Crippen LogP contribution in [0.2, 0.25) is 0 Å².